The number of nitrogens with zero attached hydrogens (tertiary/aromatic N) is 2. The molecule has 2 aromatic carbocycles. The summed E-state index contributed by atoms with van der Waals surface area (Å²) in [5, 5.41) is 3.18. The lowest BCUT2D eigenvalue weighted by Gasteiger charge is -2.35. The first-order chi connectivity index (χ1) is 16.9. The highest BCUT2D eigenvalue weighted by molar-refractivity contribution is 5.94. The van der Waals surface area contributed by atoms with Crippen LogP contribution in [0.2, 0.25) is 0 Å². The maximum Gasteiger partial charge on any atom is 0.251 e. The maximum absolute atomic E-state index is 13.1. The van der Waals surface area contributed by atoms with Crippen molar-refractivity contribution in [3.63, 3.8) is 0 Å². The van der Waals surface area contributed by atoms with Gasteiger partial charge in [0.2, 0.25) is 5.91 Å². The quantitative estimate of drug-likeness (QED) is 0.649. The van der Waals surface area contributed by atoms with Crippen LogP contribution in [0.15, 0.2) is 54.6 Å². The third-order valence-corrected chi connectivity index (χ3v) is 7.17. The van der Waals surface area contributed by atoms with E-state index in [1.165, 1.54) is 5.56 Å². The molecule has 1 N–H and O–H groups in total. The van der Waals surface area contributed by atoms with Crippen LogP contribution in [-0.4, -0.2) is 66.0 Å². The van der Waals surface area contributed by atoms with Gasteiger partial charge in [-0.05, 0) is 56.4 Å². The molecule has 0 radical (unpaired) electrons. The molecule has 2 amide bonds. The SMILES string of the molecule is CCC(C(=O)N1CCC(NC(=O)c2ccc(CN3CC(C)OC(C)C3)cc2)CC1)c1ccccc1. The Kier molecular flexibility index (Phi) is 8.58. The van der Waals surface area contributed by atoms with E-state index >= 15 is 0 Å². The minimum atomic E-state index is -0.0928. The van der Waals surface area contributed by atoms with Crippen molar-refractivity contribution in [1.29, 1.82) is 0 Å². The molecule has 6 heteroatoms. The number of piperidine rings is 1. The normalized spacial score (nSPS) is 22.5. The molecule has 3 unspecified atom stereocenters. The topological polar surface area (TPSA) is 61.9 Å². The van der Waals surface area contributed by atoms with E-state index in [9.17, 15) is 9.59 Å². The number of rotatable bonds is 7. The molecule has 0 saturated carbocycles. The van der Waals surface area contributed by atoms with Crippen molar-refractivity contribution >= 4 is 11.8 Å². The van der Waals surface area contributed by atoms with Gasteiger partial charge in [0.1, 0.15) is 0 Å². The maximum atomic E-state index is 13.1. The first kappa shape index (κ1) is 25.4. The zero-order chi connectivity index (χ0) is 24.8. The summed E-state index contributed by atoms with van der Waals surface area (Å²) in [6.45, 7) is 10.4. The van der Waals surface area contributed by atoms with E-state index in [0.717, 1.165) is 44.5 Å². The minimum absolute atomic E-state index is 0.0364. The Morgan fingerprint density at radius 2 is 1.60 bits per heavy atom. The molecule has 2 aliphatic heterocycles. The Bertz CT molecular complexity index is 960. The lowest BCUT2D eigenvalue weighted by Crippen LogP contribution is -2.47. The Labute approximate surface area is 209 Å². The molecule has 2 saturated heterocycles. The van der Waals surface area contributed by atoms with Crippen LogP contribution in [0.1, 0.15) is 67.4 Å². The van der Waals surface area contributed by atoms with Crippen molar-refractivity contribution in [2.24, 2.45) is 0 Å². The Balaban J connectivity index is 1.25. The molecule has 3 atom stereocenters. The molecular weight excluding hydrogens is 438 g/mol. The zero-order valence-electron chi connectivity index (χ0n) is 21.3. The van der Waals surface area contributed by atoms with Crippen LogP contribution in [0.3, 0.4) is 0 Å². The highest BCUT2D eigenvalue weighted by Gasteiger charge is 2.29. The van der Waals surface area contributed by atoms with E-state index < -0.39 is 0 Å². The molecule has 0 spiro atoms. The van der Waals surface area contributed by atoms with E-state index in [0.29, 0.717) is 18.7 Å². The molecule has 4 rings (SSSR count). The van der Waals surface area contributed by atoms with Gasteiger partial charge in [-0.1, -0.05) is 49.4 Å². The fourth-order valence-corrected chi connectivity index (χ4v) is 5.40. The number of morpholine rings is 1. The average Bonchev–Trinajstić information content (AvgIpc) is 2.85. The van der Waals surface area contributed by atoms with Crippen molar-refractivity contribution in [1.82, 2.24) is 15.1 Å². The third kappa shape index (κ3) is 6.71. The lowest BCUT2D eigenvalue weighted by molar-refractivity contribution is -0.134. The second-order valence-corrected chi connectivity index (χ2v) is 10.1. The number of nitrogens with one attached hydrogen (secondary N) is 1. The molecule has 0 bridgehead atoms. The zero-order valence-corrected chi connectivity index (χ0v) is 21.3. The lowest BCUT2D eigenvalue weighted by atomic mass is 9.93. The molecule has 2 aromatic rings. The van der Waals surface area contributed by atoms with Gasteiger partial charge in [-0.15, -0.1) is 0 Å². The summed E-state index contributed by atoms with van der Waals surface area (Å²) in [5.74, 6) is 0.0681. The van der Waals surface area contributed by atoms with Crippen molar-refractivity contribution < 1.29 is 14.3 Å². The highest BCUT2D eigenvalue weighted by Crippen LogP contribution is 2.24. The van der Waals surface area contributed by atoms with Gasteiger partial charge in [-0.2, -0.15) is 0 Å². The average molecular weight is 478 g/mol. The van der Waals surface area contributed by atoms with E-state index in [-0.39, 0.29) is 36.0 Å². The van der Waals surface area contributed by atoms with Crippen LogP contribution in [0, 0.1) is 0 Å². The van der Waals surface area contributed by atoms with Crippen LogP contribution < -0.4 is 5.32 Å². The molecule has 0 aromatic heterocycles. The van der Waals surface area contributed by atoms with Gasteiger partial charge in [-0.25, -0.2) is 0 Å². The van der Waals surface area contributed by atoms with Crippen LogP contribution in [-0.2, 0) is 16.1 Å². The predicted molar refractivity (Wildman–Crippen MR) is 138 cm³/mol. The number of benzene rings is 2. The summed E-state index contributed by atoms with van der Waals surface area (Å²) < 4.78 is 5.82. The molecule has 2 heterocycles. The second-order valence-electron chi connectivity index (χ2n) is 10.1. The van der Waals surface area contributed by atoms with E-state index in [1.54, 1.807) is 0 Å². The van der Waals surface area contributed by atoms with E-state index in [4.69, 9.17) is 4.74 Å². The van der Waals surface area contributed by atoms with Crippen LogP contribution in [0.25, 0.3) is 0 Å². The molecule has 35 heavy (non-hydrogen) atoms. The van der Waals surface area contributed by atoms with Crippen molar-refractivity contribution in [3.05, 3.63) is 71.3 Å². The largest absolute Gasteiger partial charge is 0.373 e. The molecule has 2 aliphatic rings. The smallest absolute Gasteiger partial charge is 0.251 e. The number of likely N-dealkylation sites (tertiary alicyclic amines) is 1. The van der Waals surface area contributed by atoms with Crippen molar-refractivity contribution in [2.45, 2.75) is 70.7 Å². The summed E-state index contributed by atoms with van der Waals surface area (Å²) in [7, 11) is 0. The summed E-state index contributed by atoms with van der Waals surface area (Å²) in [5.41, 5.74) is 2.97. The summed E-state index contributed by atoms with van der Waals surface area (Å²) >= 11 is 0. The molecule has 188 valence electrons. The highest BCUT2D eigenvalue weighted by atomic mass is 16.5. The number of hydrogen-bond donors (Lipinski definition) is 1. The Morgan fingerprint density at radius 1 is 0.971 bits per heavy atom. The van der Waals surface area contributed by atoms with Gasteiger partial charge < -0.3 is 15.0 Å². The number of carbonyl (C=O) groups is 2. The van der Waals surface area contributed by atoms with Crippen LogP contribution >= 0.6 is 0 Å². The number of ether oxygens (including phenoxy) is 1. The third-order valence-electron chi connectivity index (χ3n) is 7.17. The summed E-state index contributed by atoms with van der Waals surface area (Å²) in [6.07, 6.45) is 2.86. The monoisotopic (exact) mass is 477 g/mol. The first-order valence-corrected chi connectivity index (χ1v) is 13.0. The van der Waals surface area contributed by atoms with Crippen molar-refractivity contribution in [2.75, 3.05) is 26.2 Å². The van der Waals surface area contributed by atoms with Crippen LogP contribution in [0.4, 0.5) is 0 Å². The van der Waals surface area contributed by atoms with Crippen LogP contribution in [0.5, 0.6) is 0 Å². The summed E-state index contributed by atoms with van der Waals surface area (Å²) in [4.78, 5) is 30.3. The first-order valence-electron chi connectivity index (χ1n) is 13.0. The number of carbonyl (C=O) groups excluding carboxylic acids is 2. The molecule has 0 aliphatic carbocycles. The molecular formula is C29H39N3O3. The minimum Gasteiger partial charge on any atom is -0.373 e. The molecule has 2 fully saturated rings. The van der Waals surface area contributed by atoms with Crippen molar-refractivity contribution in [3.8, 4) is 0 Å². The van der Waals surface area contributed by atoms with E-state index in [1.807, 2.05) is 47.4 Å². The van der Waals surface area contributed by atoms with E-state index in [2.05, 4.69) is 43.1 Å². The van der Waals surface area contributed by atoms with Gasteiger partial charge in [0.05, 0.1) is 18.1 Å². The van der Waals surface area contributed by atoms with Gasteiger partial charge in [0, 0.05) is 44.3 Å². The van der Waals surface area contributed by atoms with Gasteiger partial charge in [0.15, 0.2) is 0 Å². The van der Waals surface area contributed by atoms with Gasteiger partial charge in [-0.3, -0.25) is 14.5 Å². The molecule has 6 nitrogen and oxygen atoms in total. The summed E-state index contributed by atoms with van der Waals surface area (Å²) in [6, 6.07) is 18.1. The Hall–Kier alpha value is -2.70. The van der Waals surface area contributed by atoms with Gasteiger partial charge in [0.25, 0.3) is 5.91 Å². The Morgan fingerprint density at radius 3 is 2.20 bits per heavy atom. The fraction of sp³-hybridized carbons (Fsp3) is 0.517. The number of hydrogen-bond acceptors (Lipinski definition) is 4. The fourth-order valence-electron chi connectivity index (χ4n) is 5.40. The standard InChI is InChI=1S/C29H39N3O3/c1-4-27(24-8-6-5-7-9-24)29(34)32-16-14-26(15-17-32)30-28(33)25-12-10-23(11-13-25)20-31-18-21(2)35-22(3)19-31/h5-13,21-22,26-27H,4,14-20H2,1-3H3,(H,30,33). The predicted octanol–water partition coefficient (Wildman–Crippen LogP) is 4.21. The number of amides is 2. The second kappa shape index (κ2) is 11.8. The van der Waals surface area contributed by atoms with Gasteiger partial charge >= 0.3 is 0 Å².